The molecule has 3 amide bonds. The van der Waals surface area contributed by atoms with Crippen molar-refractivity contribution in [1.82, 2.24) is 15.5 Å². The van der Waals surface area contributed by atoms with Gasteiger partial charge in [-0.2, -0.15) is 11.8 Å². The Bertz CT molecular complexity index is 963. The summed E-state index contributed by atoms with van der Waals surface area (Å²) in [5.41, 5.74) is 0.409. The number of hydrogen-bond acceptors (Lipinski definition) is 7. The van der Waals surface area contributed by atoms with E-state index in [9.17, 15) is 24.3 Å². The van der Waals surface area contributed by atoms with Gasteiger partial charge < -0.3 is 25.4 Å². The first-order chi connectivity index (χ1) is 15.5. The molecule has 9 nitrogen and oxygen atoms in total. The van der Waals surface area contributed by atoms with E-state index >= 15 is 0 Å². The SMILES string of the molecule is CSCC1=CS[C@H]2[C@H](NC(=O)C(NC(=O)OC(C)(C)C)c3ccccc3)C(=O)N2[C@H]1C(=O)O. The number of benzene rings is 1. The minimum absolute atomic E-state index is 0.468. The summed E-state index contributed by atoms with van der Waals surface area (Å²) in [6.45, 7) is 5.14. The minimum Gasteiger partial charge on any atom is -0.479 e. The quantitative estimate of drug-likeness (QED) is 0.495. The summed E-state index contributed by atoms with van der Waals surface area (Å²) >= 11 is 2.78. The lowest BCUT2D eigenvalue weighted by atomic mass is 9.98. The van der Waals surface area contributed by atoms with Crippen molar-refractivity contribution in [1.29, 1.82) is 0 Å². The Morgan fingerprint density at radius 3 is 2.48 bits per heavy atom. The van der Waals surface area contributed by atoms with Crippen molar-refractivity contribution < 1.29 is 29.0 Å². The van der Waals surface area contributed by atoms with Crippen molar-refractivity contribution in [3.63, 3.8) is 0 Å². The Labute approximate surface area is 200 Å². The molecule has 0 spiro atoms. The Balaban J connectivity index is 1.77. The van der Waals surface area contributed by atoms with Crippen LogP contribution >= 0.6 is 23.5 Å². The Morgan fingerprint density at radius 1 is 1.24 bits per heavy atom. The molecule has 1 aromatic carbocycles. The van der Waals surface area contributed by atoms with E-state index in [1.54, 1.807) is 56.5 Å². The number of carboxylic acid groups (broad SMARTS) is 1. The van der Waals surface area contributed by atoms with Crippen LogP contribution in [0.4, 0.5) is 4.79 Å². The zero-order valence-corrected chi connectivity index (χ0v) is 20.4. The van der Waals surface area contributed by atoms with Crippen LogP contribution in [0.2, 0.25) is 0 Å². The molecule has 11 heteroatoms. The fraction of sp³-hybridized carbons (Fsp3) is 0.455. The average Bonchev–Trinajstić information content (AvgIpc) is 2.74. The van der Waals surface area contributed by atoms with E-state index in [0.29, 0.717) is 16.9 Å². The number of carboxylic acids is 1. The maximum absolute atomic E-state index is 13.2. The van der Waals surface area contributed by atoms with Gasteiger partial charge in [0.15, 0.2) is 6.04 Å². The molecule has 33 heavy (non-hydrogen) atoms. The number of nitrogens with zero attached hydrogens (tertiary/aromatic N) is 1. The summed E-state index contributed by atoms with van der Waals surface area (Å²) in [6.07, 6.45) is 1.09. The monoisotopic (exact) mass is 493 g/mol. The molecule has 2 heterocycles. The van der Waals surface area contributed by atoms with Gasteiger partial charge in [-0.1, -0.05) is 30.3 Å². The molecule has 1 aromatic rings. The lowest BCUT2D eigenvalue weighted by Gasteiger charge is -2.51. The van der Waals surface area contributed by atoms with Crippen LogP contribution in [0, 0.1) is 0 Å². The van der Waals surface area contributed by atoms with Gasteiger partial charge in [0, 0.05) is 5.75 Å². The largest absolute Gasteiger partial charge is 0.479 e. The van der Waals surface area contributed by atoms with Crippen molar-refractivity contribution in [3.05, 3.63) is 46.9 Å². The molecule has 2 aliphatic rings. The first-order valence-electron chi connectivity index (χ1n) is 10.3. The van der Waals surface area contributed by atoms with Crippen molar-refractivity contribution in [2.45, 2.75) is 49.9 Å². The molecule has 1 unspecified atom stereocenters. The molecule has 4 atom stereocenters. The Hall–Kier alpha value is -2.66. The van der Waals surface area contributed by atoms with E-state index < -0.39 is 53.0 Å². The van der Waals surface area contributed by atoms with E-state index in [-0.39, 0.29) is 0 Å². The van der Waals surface area contributed by atoms with Crippen LogP contribution in [0.25, 0.3) is 0 Å². The molecule has 0 aromatic heterocycles. The van der Waals surface area contributed by atoms with Gasteiger partial charge >= 0.3 is 12.1 Å². The van der Waals surface area contributed by atoms with E-state index in [1.807, 2.05) is 6.26 Å². The summed E-state index contributed by atoms with van der Waals surface area (Å²) < 4.78 is 5.28. The third kappa shape index (κ3) is 5.64. The molecular weight excluding hydrogens is 466 g/mol. The van der Waals surface area contributed by atoms with Crippen LogP contribution in [0.5, 0.6) is 0 Å². The van der Waals surface area contributed by atoms with Crippen LogP contribution in [-0.4, -0.2) is 69.0 Å². The normalized spacial score (nSPS) is 22.9. The van der Waals surface area contributed by atoms with Crippen molar-refractivity contribution >= 4 is 47.4 Å². The van der Waals surface area contributed by atoms with Crippen LogP contribution in [0.1, 0.15) is 32.4 Å². The number of β-lactam (4-membered cyclic amide) rings is 1. The number of thioether (sulfide) groups is 2. The highest BCUT2D eigenvalue weighted by molar-refractivity contribution is 8.03. The Kier molecular flexibility index (Phi) is 7.63. The number of ether oxygens (including phenoxy) is 1. The molecule has 1 fully saturated rings. The zero-order valence-electron chi connectivity index (χ0n) is 18.7. The summed E-state index contributed by atoms with van der Waals surface area (Å²) in [5.74, 6) is -1.67. The number of nitrogens with one attached hydrogen (secondary N) is 2. The second-order valence-corrected chi connectivity index (χ2v) is 10.5. The van der Waals surface area contributed by atoms with Gasteiger partial charge in [0.2, 0.25) is 11.8 Å². The number of carbonyl (C=O) groups excluding carboxylic acids is 3. The third-order valence-electron chi connectivity index (χ3n) is 4.97. The molecule has 0 saturated carbocycles. The summed E-state index contributed by atoms with van der Waals surface area (Å²) in [6, 6.07) is 5.58. The molecule has 2 aliphatic heterocycles. The van der Waals surface area contributed by atoms with Gasteiger partial charge in [-0.3, -0.25) is 9.59 Å². The summed E-state index contributed by atoms with van der Waals surface area (Å²) in [7, 11) is 0. The molecule has 3 rings (SSSR count). The van der Waals surface area contributed by atoms with Gasteiger partial charge in [0.1, 0.15) is 23.1 Å². The van der Waals surface area contributed by atoms with Crippen molar-refractivity contribution in [2.75, 3.05) is 12.0 Å². The average molecular weight is 494 g/mol. The second kappa shape index (κ2) is 10.1. The molecule has 178 valence electrons. The number of aliphatic carboxylic acids is 1. The number of alkyl carbamates (subject to hydrolysis) is 1. The van der Waals surface area contributed by atoms with E-state index in [1.165, 1.54) is 28.4 Å². The lowest BCUT2D eigenvalue weighted by Crippen LogP contribution is -2.74. The lowest BCUT2D eigenvalue weighted by molar-refractivity contribution is -0.160. The molecule has 0 bridgehead atoms. The Morgan fingerprint density at radius 2 is 1.91 bits per heavy atom. The molecule has 0 aliphatic carbocycles. The predicted molar refractivity (Wildman–Crippen MR) is 127 cm³/mol. The number of rotatable bonds is 7. The van der Waals surface area contributed by atoms with Gasteiger partial charge in [-0.05, 0) is 43.6 Å². The molecule has 1 saturated heterocycles. The predicted octanol–water partition coefficient (Wildman–Crippen LogP) is 2.35. The van der Waals surface area contributed by atoms with Crippen LogP contribution < -0.4 is 10.6 Å². The number of fused-ring (bicyclic) bond motifs is 1. The second-order valence-electron chi connectivity index (χ2n) is 8.61. The number of amides is 3. The molecular formula is C22H27N3O6S2. The standard InChI is InChI=1S/C22H27N3O6S2/c1-22(2,3)31-21(30)24-14(12-8-6-5-7-9-12)17(26)23-15-18(27)25-16(20(28)29)13(10-32-4)11-33-19(15)25/h5-9,11,14-16,19H,10H2,1-4H3,(H,23,26)(H,24,30)(H,28,29)/t14?,15-,16-,19+/m1/s1. The maximum atomic E-state index is 13.2. The van der Waals surface area contributed by atoms with Crippen molar-refractivity contribution in [2.24, 2.45) is 0 Å². The summed E-state index contributed by atoms with van der Waals surface area (Å²) in [4.78, 5) is 51.5. The van der Waals surface area contributed by atoms with E-state index in [0.717, 1.165) is 0 Å². The number of carbonyl (C=O) groups is 4. The highest BCUT2D eigenvalue weighted by Crippen LogP contribution is 2.40. The fourth-order valence-electron chi connectivity index (χ4n) is 3.60. The highest BCUT2D eigenvalue weighted by atomic mass is 32.2. The van der Waals surface area contributed by atoms with E-state index in [4.69, 9.17) is 4.74 Å². The van der Waals surface area contributed by atoms with Crippen LogP contribution in [-0.2, 0) is 19.1 Å². The van der Waals surface area contributed by atoms with Gasteiger partial charge in [0.25, 0.3) is 0 Å². The summed E-state index contributed by atoms with van der Waals surface area (Å²) in [5, 5.41) is 16.2. The first-order valence-corrected chi connectivity index (χ1v) is 12.6. The molecule has 3 N–H and O–H groups in total. The van der Waals surface area contributed by atoms with Gasteiger partial charge in [-0.15, -0.1) is 11.8 Å². The fourth-order valence-corrected chi connectivity index (χ4v) is 5.51. The van der Waals surface area contributed by atoms with Crippen LogP contribution in [0.3, 0.4) is 0 Å². The van der Waals surface area contributed by atoms with Crippen LogP contribution in [0.15, 0.2) is 41.3 Å². The van der Waals surface area contributed by atoms with E-state index in [2.05, 4.69) is 10.6 Å². The van der Waals surface area contributed by atoms with Crippen molar-refractivity contribution in [3.8, 4) is 0 Å². The zero-order chi connectivity index (χ0) is 24.3. The minimum atomic E-state index is -1.10. The maximum Gasteiger partial charge on any atom is 0.408 e. The van der Waals surface area contributed by atoms with Gasteiger partial charge in [-0.25, -0.2) is 9.59 Å². The molecule has 0 radical (unpaired) electrons. The van der Waals surface area contributed by atoms with Gasteiger partial charge in [0.05, 0.1) is 0 Å². The highest BCUT2D eigenvalue weighted by Gasteiger charge is 2.56. The number of hydrogen-bond donors (Lipinski definition) is 3. The first kappa shape index (κ1) is 25.0. The topological polar surface area (TPSA) is 125 Å². The third-order valence-corrected chi connectivity index (χ3v) is 6.81. The smallest absolute Gasteiger partial charge is 0.408 e.